The molecular weight excluding hydrogens is 350 g/mol. The third-order valence-electron chi connectivity index (χ3n) is 3.01. The summed E-state index contributed by atoms with van der Waals surface area (Å²) in [6, 6.07) is 12.2. The lowest BCUT2D eigenvalue weighted by Crippen LogP contribution is -2.17. The summed E-state index contributed by atoms with van der Waals surface area (Å²) in [5.41, 5.74) is 1.23. The standard InChI is InChI=1S/C15H14BrN3OS/c1-19(9-11-5-2-3-6-12(11)16)10-14-17-15(18-20-14)13-7-4-8-21-13/h2-8H,9-10H2,1H3. The van der Waals surface area contributed by atoms with Crippen LogP contribution in [0.4, 0.5) is 0 Å². The molecule has 2 aromatic heterocycles. The molecule has 3 aromatic rings. The number of rotatable bonds is 5. The second-order valence-corrected chi connectivity index (χ2v) is 6.55. The highest BCUT2D eigenvalue weighted by Crippen LogP contribution is 2.22. The molecule has 0 saturated carbocycles. The SMILES string of the molecule is CN(Cc1nc(-c2cccs2)no1)Cc1ccccc1Br. The maximum absolute atomic E-state index is 5.32. The summed E-state index contributed by atoms with van der Waals surface area (Å²) in [5, 5.41) is 6.03. The first-order valence-electron chi connectivity index (χ1n) is 6.51. The Kier molecular flexibility index (Phi) is 4.48. The van der Waals surface area contributed by atoms with Gasteiger partial charge in [0.2, 0.25) is 11.7 Å². The van der Waals surface area contributed by atoms with Crippen molar-refractivity contribution in [2.45, 2.75) is 13.1 Å². The van der Waals surface area contributed by atoms with Crippen molar-refractivity contribution in [1.82, 2.24) is 15.0 Å². The van der Waals surface area contributed by atoms with Crippen molar-refractivity contribution < 1.29 is 4.52 Å². The largest absolute Gasteiger partial charge is 0.338 e. The van der Waals surface area contributed by atoms with Gasteiger partial charge in [0.25, 0.3) is 0 Å². The Morgan fingerprint density at radius 1 is 1.19 bits per heavy atom. The molecule has 6 heteroatoms. The molecule has 0 unspecified atom stereocenters. The van der Waals surface area contributed by atoms with Crippen molar-refractivity contribution in [3.8, 4) is 10.7 Å². The minimum absolute atomic E-state index is 0.625. The summed E-state index contributed by atoms with van der Waals surface area (Å²) in [6.07, 6.45) is 0. The Hall–Kier alpha value is -1.50. The van der Waals surface area contributed by atoms with Crippen LogP contribution in [0.25, 0.3) is 10.7 Å². The summed E-state index contributed by atoms with van der Waals surface area (Å²) < 4.78 is 6.43. The number of benzene rings is 1. The van der Waals surface area contributed by atoms with E-state index in [2.05, 4.69) is 37.0 Å². The molecule has 0 amide bonds. The number of halogens is 1. The Labute approximate surface area is 135 Å². The smallest absolute Gasteiger partial charge is 0.241 e. The van der Waals surface area contributed by atoms with E-state index in [-0.39, 0.29) is 0 Å². The van der Waals surface area contributed by atoms with Gasteiger partial charge < -0.3 is 4.52 Å². The van der Waals surface area contributed by atoms with E-state index < -0.39 is 0 Å². The zero-order chi connectivity index (χ0) is 14.7. The Bertz CT molecular complexity index is 711. The number of hydrogen-bond donors (Lipinski definition) is 0. The summed E-state index contributed by atoms with van der Waals surface area (Å²) in [6.45, 7) is 1.44. The number of nitrogens with zero attached hydrogens (tertiary/aromatic N) is 3. The first-order valence-corrected chi connectivity index (χ1v) is 8.18. The molecule has 0 aliphatic carbocycles. The van der Waals surface area contributed by atoms with Crippen LogP contribution >= 0.6 is 27.3 Å². The lowest BCUT2D eigenvalue weighted by Gasteiger charge is -2.15. The van der Waals surface area contributed by atoms with Gasteiger partial charge in [-0.25, -0.2) is 0 Å². The van der Waals surface area contributed by atoms with Crippen molar-refractivity contribution in [3.05, 3.63) is 57.7 Å². The normalized spacial score (nSPS) is 11.2. The molecule has 0 aliphatic rings. The van der Waals surface area contributed by atoms with Crippen molar-refractivity contribution in [2.75, 3.05) is 7.05 Å². The second-order valence-electron chi connectivity index (χ2n) is 4.75. The molecule has 0 bridgehead atoms. The molecule has 0 fully saturated rings. The van der Waals surface area contributed by atoms with Gasteiger partial charge in [0.1, 0.15) is 0 Å². The molecule has 108 valence electrons. The van der Waals surface area contributed by atoms with Crippen LogP contribution < -0.4 is 0 Å². The van der Waals surface area contributed by atoms with Crippen LogP contribution in [0.2, 0.25) is 0 Å². The van der Waals surface area contributed by atoms with Gasteiger partial charge in [0.15, 0.2) is 0 Å². The molecule has 0 saturated heterocycles. The molecule has 0 spiro atoms. The Morgan fingerprint density at radius 2 is 2.05 bits per heavy atom. The summed E-state index contributed by atoms with van der Waals surface area (Å²) in [7, 11) is 2.04. The Balaban J connectivity index is 1.65. The van der Waals surface area contributed by atoms with Gasteiger partial charge in [-0.15, -0.1) is 11.3 Å². The third-order valence-corrected chi connectivity index (χ3v) is 4.65. The van der Waals surface area contributed by atoms with Crippen LogP contribution in [0.3, 0.4) is 0 Å². The average molecular weight is 364 g/mol. The molecule has 2 heterocycles. The van der Waals surface area contributed by atoms with Crippen LogP contribution in [0.15, 0.2) is 50.8 Å². The maximum Gasteiger partial charge on any atom is 0.241 e. The minimum Gasteiger partial charge on any atom is -0.338 e. The van der Waals surface area contributed by atoms with Gasteiger partial charge in [-0.1, -0.05) is 45.4 Å². The zero-order valence-electron chi connectivity index (χ0n) is 11.5. The van der Waals surface area contributed by atoms with Crippen LogP contribution in [-0.2, 0) is 13.1 Å². The first-order chi connectivity index (χ1) is 10.2. The van der Waals surface area contributed by atoms with E-state index in [1.165, 1.54) is 5.56 Å². The van der Waals surface area contributed by atoms with Crippen molar-refractivity contribution in [1.29, 1.82) is 0 Å². The van der Waals surface area contributed by atoms with Gasteiger partial charge in [0, 0.05) is 11.0 Å². The Morgan fingerprint density at radius 3 is 2.81 bits per heavy atom. The van der Waals surface area contributed by atoms with E-state index >= 15 is 0 Å². The van der Waals surface area contributed by atoms with Crippen LogP contribution in [0.5, 0.6) is 0 Å². The van der Waals surface area contributed by atoms with Gasteiger partial charge in [-0.2, -0.15) is 4.98 Å². The van der Waals surface area contributed by atoms with Crippen LogP contribution in [-0.4, -0.2) is 22.1 Å². The number of aromatic nitrogens is 2. The van der Waals surface area contributed by atoms with Gasteiger partial charge >= 0.3 is 0 Å². The van der Waals surface area contributed by atoms with E-state index in [1.54, 1.807) is 11.3 Å². The van der Waals surface area contributed by atoms with Crippen molar-refractivity contribution in [2.24, 2.45) is 0 Å². The number of hydrogen-bond acceptors (Lipinski definition) is 5. The molecule has 0 aliphatic heterocycles. The summed E-state index contributed by atoms with van der Waals surface area (Å²) in [5.74, 6) is 1.29. The van der Waals surface area contributed by atoms with E-state index in [0.717, 1.165) is 15.9 Å². The highest BCUT2D eigenvalue weighted by molar-refractivity contribution is 9.10. The molecule has 21 heavy (non-hydrogen) atoms. The van der Waals surface area contributed by atoms with E-state index in [1.807, 2.05) is 42.8 Å². The van der Waals surface area contributed by atoms with E-state index in [0.29, 0.717) is 18.3 Å². The van der Waals surface area contributed by atoms with Gasteiger partial charge in [-0.3, -0.25) is 4.90 Å². The lowest BCUT2D eigenvalue weighted by molar-refractivity contribution is 0.260. The van der Waals surface area contributed by atoms with Crippen molar-refractivity contribution in [3.63, 3.8) is 0 Å². The molecule has 3 rings (SSSR count). The highest BCUT2D eigenvalue weighted by atomic mass is 79.9. The molecular formula is C15H14BrN3OS. The topological polar surface area (TPSA) is 42.2 Å². The lowest BCUT2D eigenvalue weighted by atomic mass is 10.2. The summed E-state index contributed by atoms with van der Waals surface area (Å²) in [4.78, 5) is 7.61. The minimum atomic E-state index is 0.625. The zero-order valence-corrected chi connectivity index (χ0v) is 13.9. The fraction of sp³-hybridized carbons (Fsp3) is 0.200. The van der Waals surface area contributed by atoms with E-state index in [4.69, 9.17) is 4.52 Å². The van der Waals surface area contributed by atoms with Gasteiger partial charge in [0.05, 0.1) is 11.4 Å². The molecule has 4 nitrogen and oxygen atoms in total. The van der Waals surface area contributed by atoms with Crippen LogP contribution in [0.1, 0.15) is 11.5 Å². The number of thiophene rings is 1. The molecule has 1 aromatic carbocycles. The second kappa shape index (κ2) is 6.51. The predicted octanol–water partition coefficient (Wildman–Crippen LogP) is 4.19. The fourth-order valence-corrected chi connectivity index (χ4v) is 3.09. The monoisotopic (exact) mass is 363 g/mol. The quantitative estimate of drug-likeness (QED) is 0.681. The predicted molar refractivity (Wildman–Crippen MR) is 86.9 cm³/mol. The summed E-state index contributed by atoms with van der Waals surface area (Å²) >= 11 is 5.17. The van der Waals surface area contributed by atoms with Crippen molar-refractivity contribution >= 4 is 27.3 Å². The molecule has 0 radical (unpaired) electrons. The molecule has 0 atom stereocenters. The van der Waals surface area contributed by atoms with Crippen LogP contribution in [0, 0.1) is 0 Å². The third kappa shape index (κ3) is 3.58. The fourth-order valence-electron chi connectivity index (χ4n) is 2.03. The maximum atomic E-state index is 5.32. The van der Waals surface area contributed by atoms with Gasteiger partial charge in [-0.05, 0) is 30.1 Å². The average Bonchev–Trinajstić information content (AvgIpc) is 3.12. The molecule has 0 N–H and O–H groups in total. The van der Waals surface area contributed by atoms with E-state index in [9.17, 15) is 0 Å². The highest BCUT2D eigenvalue weighted by Gasteiger charge is 2.12. The first kappa shape index (κ1) is 14.4.